The van der Waals surface area contributed by atoms with Crippen LogP contribution in [0.2, 0.25) is 0 Å². The number of rotatable bonds is 2. The second-order valence-corrected chi connectivity index (χ2v) is 7.49. The van der Waals surface area contributed by atoms with E-state index in [9.17, 15) is 22.4 Å². The Morgan fingerprint density at radius 1 is 1.20 bits per heavy atom. The van der Waals surface area contributed by atoms with Gasteiger partial charge in [0.1, 0.15) is 5.82 Å². The van der Waals surface area contributed by atoms with Crippen LogP contribution in [0.25, 0.3) is 11.8 Å². The van der Waals surface area contributed by atoms with Crippen LogP contribution in [-0.2, 0) is 4.79 Å². The molecule has 0 fully saturated rings. The topological polar surface area (TPSA) is 73.8 Å². The summed E-state index contributed by atoms with van der Waals surface area (Å²) in [5.41, 5.74) is 1.89. The second kappa shape index (κ2) is 6.94. The maximum atomic E-state index is 14.2. The minimum Gasteiger partial charge on any atom is -0.315 e. The number of aliphatic imine (C=N–C) groups is 1. The van der Waals surface area contributed by atoms with Gasteiger partial charge in [0, 0.05) is 11.4 Å². The highest BCUT2D eigenvalue weighted by Crippen LogP contribution is 2.35. The molecule has 154 valence electrons. The van der Waals surface area contributed by atoms with Gasteiger partial charge in [-0.25, -0.2) is 4.39 Å². The van der Waals surface area contributed by atoms with Crippen LogP contribution in [0.1, 0.15) is 17.0 Å². The first-order valence-electron chi connectivity index (χ1n) is 8.59. The summed E-state index contributed by atoms with van der Waals surface area (Å²) in [6.07, 6.45) is -3.35. The maximum absolute atomic E-state index is 14.2. The number of para-hydroxylation sites is 1. The number of amides is 1. The number of hydrazone groups is 1. The monoisotopic (exact) mass is 435 g/mol. The molecule has 3 heterocycles. The van der Waals surface area contributed by atoms with Crippen LogP contribution >= 0.6 is 11.8 Å². The van der Waals surface area contributed by atoms with Crippen molar-refractivity contribution in [3.05, 3.63) is 58.7 Å². The Hall–Kier alpha value is -3.21. The molecule has 1 aromatic carbocycles. The largest absolute Gasteiger partial charge is 0.441 e. The van der Waals surface area contributed by atoms with Crippen LogP contribution in [-0.4, -0.2) is 37.7 Å². The zero-order valence-corrected chi connectivity index (χ0v) is 16.4. The lowest BCUT2D eigenvalue weighted by atomic mass is 10.1. The van der Waals surface area contributed by atoms with E-state index < -0.39 is 28.8 Å². The Balaban J connectivity index is 1.76. The molecule has 1 aromatic heterocycles. The van der Waals surface area contributed by atoms with Gasteiger partial charge in [-0.05, 0) is 55.4 Å². The Bertz CT molecular complexity index is 1190. The van der Waals surface area contributed by atoms with E-state index in [0.717, 1.165) is 0 Å². The smallest absolute Gasteiger partial charge is 0.315 e. The van der Waals surface area contributed by atoms with E-state index in [1.54, 1.807) is 42.7 Å². The molecule has 2 aliphatic rings. The van der Waals surface area contributed by atoms with Crippen molar-refractivity contribution >= 4 is 39.8 Å². The average molecular weight is 435 g/mol. The number of hydrogen-bond donors (Lipinski definition) is 1. The molecule has 30 heavy (non-hydrogen) atoms. The van der Waals surface area contributed by atoms with Crippen LogP contribution < -0.4 is 0 Å². The van der Waals surface area contributed by atoms with Crippen molar-refractivity contribution in [1.82, 2.24) is 9.58 Å². The van der Waals surface area contributed by atoms with Gasteiger partial charge >= 0.3 is 6.18 Å². The third-order valence-electron chi connectivity index (χ3n) is 4.56. The molecule has 2 aromatic rings. The number of nitrogens with one attached hydrogen (secondary N) is 1. The third-order valence-corrected chi connectivity index (χ3v) is 5.51. The van der Waals surface area contributed by atoms with E-state index >= 15 is 0 Å². The fourth-order valence-electron chi connectivity index (χ4n) is 3.20. The van der Waals surface area contributed by atoms with Crippen molar-refractivity contribution in [2.45, 2.75) is 20.0 Å². The third kappa shape index (κ3) is 3.24. The summed E-state index contributed by atoms with van der Waals surface area (Å²) in [6, 6.07) is 7.87. The van der Waals surface area contributed by atoms with Crippen LogP contribution in [0.15, 0.2) is 46.0 Å². The molecule has 0 atom stereocenters. The molecule has 0 saturated carbocycles. The molecule has 0 aliphatic carbocycles. The summed E-state index contributed by atoms with van der Waals surface area (Å²) in [4.78, 5) is 16.0. The molecule has 1 amide bonds. The highest BCUT2D eigenvalue weighted by atomic mass is 32.2. The number of benzene rings is 1. The number of aryl methyl sites for hydroxylation is 1. The van der Waals surface area contributed by atoms with Gasteiger partial charge in [0.25, 0.3) is 5.91 Å². The molecule has 0 spiro atoms. The van der Waals surface area contributed by atoms with E-state index in [1.165, 1.54) is 12.1 Å². The summed E-state index contributed by atoms with van der Waals surface area (Å²) in [5.74, 6) is -1.78. The molecular weight excluding hydrogens is 422 g/mol. The molecule has 6 nitrogen and oxygen atoms in total. The molecule has 1 N–H and O–H groups in total. The van der Waals surface area contributed by atoms with Crippen molar-refractivity contribution in [3.8, 4) is 5.69 Å². The highest BCUT2D eigenvalue weighted by molar-refractivity contribution is 8.27. The molecule has 0 unspecified atom stereocenters. The lowest BCUT2D eigenvalue weighted by molar-refractivity contribution is -0.114. The summed E-state index contributed by atoms with van der Waals surface area (Å²) >= 11 is 0.192. The van der Waals surface area contributed by atoms with E-state index in [1.807, 2.05) is 0 Å². The standard InChI is InChI=1S/C19H13F4N5OS/c1-9-7-11(10(2)27(9)14-6-4-3-5-13(14)20)8-12-15(24)28-18(25-16(12)29)30-17(26-28)19(21,22)23/h3-8,24H,1-2H3. The molecule has 0 saturated heterocycles. The van der Waals surface area contributed by atoms with E-state index in [0.29, 0.717) is 27.6 Å². The average Bonchev–Trinajstić information content (AvgIpc) is 3.21. The number of fused-ring (bicyclic) bond motifs is 1. The summed E-state index contributed by atoms with van der Waals surface area (Å²) in [5, 5.41) is 10.7. The zero-order chi connectivity index (χ0) is 21.8. The van der Waals surface area contributed by atoms with Gasteiger partial charge in [-0.3, -0.25) is 10.2 Å². The van der Waals surface area contributed by atoms with Gasteiger partial charge in [-0.1, -0.05) is 12.1 Å². The SMILES string of the molecule is Cc1cc(C=C2C(=N)N3N=C(C(F)(F)F)SC3=NC2=O)c(C)n1-c1ccccc1F. The van der Waals surface area contributed by atoms with Gasteiger partial charge in [0.15, 0.2) is 5.84 Å². The van der Waals surface area contributed by atoms with Crippen molar-refractivity contribution in [2.75, 3.05) is 0 Å². The number of amidine groups is 2. The molecular formula is C19H13F4N5OS. The Morgan fingerprint density at radius 2 is 1.90 bits per heavy atom. The van der Waals surface area contributed by atoms with Crippen LogP contribution in [0.5, 0.6) is 0 Å². The lowest BCUT2D eigenvalue weighted by Gasteiger charge is -2.20. The number of nitrogens with zero attached hydrogens (tertiary/aromatic N) is 4. The molecule has 0 bridgehead atoms. The number of carbonyl (C=O) groups excluding carboxylic acids is 1. The van der Waals surface area contributed by atoms with Crippen LogP contribution in [0.4, 0.5) is 17.6 Å². The first kappa shape index (κ1) is 20.1. The van der Waals surface area contributed by atoms with Crippen LogP contribution in [0, 0.1) is 25.1 Å². The Morgan fingerprint density at radius 3 is 2.57 bits per heavy atom. The van der Waals surface area contributed by atoms with Crippen molar-refractivity contribution in [2.24, 2.45) is 10.1 Å². The van der Waals surface area contributed by atoms with Gasteiger partial charge < -0.3 is 4.57 Å². The number of hydrogen-bond acceptors (Lipinski definition) is 4. The van der Waals surface area contributed by atoms with E-state index in [4.69, 9.17) is 5.41 Å². The van der Waals surface area contributed by atoms with Crippen molar-refractivity contribution < 1.29 is 22.4 Å². The summed E-state index contributed by atoms with van der Waals surface area (Å²) in [6.45, 7) is 3.46. The van der Waals surface area contributed by atoms with Gasteiger partial charge in [0.05, 0.1) is 11.3 Å². The van der Waals surface area contributed by atoms with E-state index in [2.05, 4.69) is 10.1 Å². The molecule has 4 rings (SSSR count). The molecule has 2 aliphatic heterocycles. The number of thioether (sulfide) groups is 1. The summed E-state index contributed by atoms with van der Waals surface area (Å²) < 4.78 is 54.7. The Labute approximate surface area is 172 Å². The molecule has 11 heteroatoms. The van der Waals surface area contributed by atoms with E-state index in [-0.39, 0.29) is 22.5 Å². The zero-order valence-electron chi connectivity index (χ0n) is 15.6. The van der Waals surface area contributed by atoms with Crippen molar-refractivity contribution in [1.29, 1.82) is 5.41 Å². The first-order chi connectivity index (χ1) is 14.1. The first-order valence-corrected chi connectivity index (χ1v) is 9.41. The predicted molar refractivity (Wildman–Crippen MR) is 106 cm³/mol. The van der Waals surface area contributed by atoms with Gasteiger partial charge in [0.2, 0.25) is 10.2 Å². The minimum absolute atomic E-state index is 0.192. The number of alkyl halides is 3. The number of carbonyl (C=O) groups is 1. The fourth-order valence-corrected chi connectivity index (χ4v) is 3.96. The highest BCUT2D eigenvalue weighted by Gasteiger charge is 2.46. The second-order valence-electron chi connectivity index (χ2n) is 6.54. The van der Waals surface area contributed by atoms with Crippen molar-refractivity contribution in [3.63, 3.8) is 0 Å². The number of halogens is 4. The Kier molecular flexibility index (Phi) is 4.64. The normalized spacial score (nSPS) is 18.1. The predicted octanol–water partition coefficient (Wildman–Crippen LogP) is 4.41. The van der Waals surface area contributed by atoms with Crippen LogP contribution in [0.3, 0.4) is 0 Å². The fraction of sp³-hybridized carbons (Fsp3) is 0.158. The summed E-state index contributed by atoms with van der Waals surface area (Å²) in [7, 11) is 0. The van der Waals surface area contributed by atoms with Gasteiger partial charge in [-0.15, -0.1) is 0 Å². The quantitative estimate of drug-likeness (QED) is 0.561. The minimum atomic E-state index is -4.71. The lowest BCUT2D eigenvalue weighted by Crippen LogP contribution is -2.35. The van der Waals surface area contributed by atoms with Gasteiger partial charge in [-0.2, -0.15) is 28.3 Å². The maximum Gasteiger partial charge on any atom is 0.441 e. The number of aromatic nitrogens is 1. The molecule has 0 radical (unpaired) electrons.